The Labute approximate surface area is 126 Å². The minimum absolute atomic E-state index is 0.349. The van der Waals surface area contributed by atoms with Crippen LogP contribution in [-0.2, 0) is 0 Å². The van der Waals surface area contributed by atoms with Crippen LogP contribution in [0, 0.1) is 6.92 Å². The van der Waals surface area contributed by atoms with Gasteiger partial charge in [-0.15, -0.1) is 0 Å². The Hall–Kier alpha value is -2.00. The van der Waals surface area contributed by atoms with E-state index in [2.05, 4.69) is 35.2 Å². The van der Waals surface area contributed by atoms with Crippen LogP contribution < -0.4 is 16.2 Å². The number of nitrogens with one attached hydrogen (secondary N) is 1. The summed E-state index contributed by atoms with van der Waals surface area (Å²) >= 11 is 1.29. The minimum atomic E-state index is 0.349. The molecule has 1 saturated heterocycles. The zero-order valence-corrected chi connectivity index (χ0v) is 12.5. The predicted octanol–water partition coefficient (Wildman–Crippen LogP) is 1.01. The Morgan fingerprint density at radius 2 is 1.81 bits per heavy atom. The van der Waals surface area contributed by atoms with E-state index in [1.165, 1.54) is 11.8 Å². The van der Waals surface area contributed by atoms with Crippen LogP contribution in [0.4, 0.5) is 11.9 Å². The van der Waals surface area contributed by atoms with Crippen molar-refractivity contribution in [2.45, 2.75) is 30.1 Å². The van der Waals surface area contributed by atoms with Crippen LogP contribution in [0.1, 0.15) is 18.4 Å². The normalized spacial score (nSPS) is 14.5. The molecule has 0 amide bonds. The highest BCUT2D eigenvalue weighted by atomic mass is 32.2. The number of hydrogen-bond donors (Lipinski definition) is 2. The van der Waals surface area contributed by atoms with Crippen molar-refractivity contribution in [2.24, 2.45) is 5.84 Å². The summed E-state index contributed by atoms with van der Waals surface area (Å²) in [7, 11) is 0. The van der Waals surface area contributed by atoms with Crippen LogP contribution in [0.5, 0.6) is 0 Å². The van der Waals surface area contributed by atoms with E-state index in [-0.39, 0.29) is 0 Å². The number of nitrogens with two attached hydrogens (primary N) is 1. The fourth-order valence-corrected chi connectivity index (χ4v) is 2.66. The van der Waals surface area contributed by atoms with Gasteiger partial charge in [0.2, 0.25) is 17.1 Å². The van der Waals surface area contributed by atoms with Gasteiger partial charge in [0.1, 0.15) is 0 Å². The maximum Gasteiger partial charge on any atom is 0.242 e. The maximum absolute atomic E-state index is 5.44. The van der Waals surface area contributed by atoms with Crippen LogP contribution >= 0.6 is 11.8 Å². The Bertz CT molecular complexity index is 611. The number of anilines is 2. The summed E-state index contributed by atoms with van der Waals surface area (Å²) in [6.45, 7) is 3.86. The van der Waals surface area contributed by atoms with E-state index in [0.717, 1.165) is 31.5 Å². The van der Waals surface area contributed by atoms with Gasteiger partial charge < -0.3 is 4.90 Å². The molecule has 2 aromatic rings. The molecule has 110 valence electrons. The lowest BCUT2D eigenvalue weighted by atomic mass is 10.4. The van der Waals surface area contributed by atoms with Gasteiger partial charge in [-0.3, -0.25) is 5.43 Å². The SMILES string of the molecule is Cc1cnc(Sc2nc(NN)nc(N3CCCC3)n2)nc1. The third-order valence-electron chi connectivity index (χ3n) is 3.06. The zero-order chi connectivity index (χ0) is 14.7. The third kappa shape index (κ3) is 3.37. The first-order chi connectivity index (χ1) is 10.2. The van der Waals surface area contributed by atoms with E-state index in [1.807, 2.05) is 6.92 Å². The summed E-state index contributed by atoms with van der Waals surface area (Å²) in [6.07, 6.45) is 5.83. The van der Waals surface area contributed by atoms with E-state index in [9.17, 15) is 0 Å². The lowest BCUT2D eigenvalue weighted by Crippen LogP contribution is -2.22. The Balaban J connectivity index is 1.86. The summed E-state index contributed by atoms with van der Waals surface area (Å²) in [6, 6.07) is 0. The highest BCUT2D eigenvalue weighted by Crippen LogP contribution is 2.24. The molecule has 0 spiro atoms. The molecular weight excluding hydrogens is 288 g/mol. The number of aromatic nitrogens is 5. The molecule has 0 radical (unpaired) electrons. The van der Waals surface area contributed by atoms with Crippen LogP contribution in [0.15, 0.2) is 22.7 Å². The van der Waals surface area contributed by atoms with Crippen molar-refractivity contribution >= 4 is 23.7 Å². The Morgan fingerprint density at radius 1 is 1.10 bits per heavy atom. The second-order valence-electron chi connectivity index (χ2n) is 4.73. The van der Waals surface area contributed by atoms with Crippen molar-refractivity contribution in [3.05, 3.63) is 18.0 Å². The monoisotopic (exact) mass is 304 g/mol. The molecule has 2 aromatic heterocycles. The first-order valence-electron chi connectivity index (χ1n) is 6.69. The molecule has 0 saturated carbocycles. The highest BCUT2D eigenvalue weighted by molar-refractivity contribution is 7.99. The molecule has 8 nitrogen and oxygen atoms in total. The number of hydrogen-bond acceptors (Lipinski definition) is 9. The molecule has 3 rings (SSSR count). The number of nitrogens with zero attached hydrogens (tertiary/aromatic N) is 6. The van der Waals surface area contributed by atoms with Crippen molar-refractivity contribution in [3.8, 4) is 0 Å². The van der Waals surface area contributed by atoms with Gasteiger partial charge in [-0.25, -0.2) is 15.8 Å². The lowest BCUT2D eigenvalue weighted by molar-refractivity contribution is 0.823. The highest BCUT2D eigenvalue weighted by Gasteiger charge is 2.18. The van der Waals surface area contributed by atoms with Crippen molar-refractivity contribution in [3.63, 3.8) is 0 Å². The van der Waals surface area contributed by atoms with Gasteiger partial charge in [0, 0.05) is 25.5 Å². The van der Waals surface area contributed by atoms with E-state index >= 15 is 0 Å². The van der Waals surface area contributed by atoms with Gasteiger partial charge in [-0.1, -0.05) is 0 Å². The van der Waals surface area contributed by atoms with Crippen LogP contribution in [-0.4, -0.2) is 38.0 Å². The fraction of sp³-hybridized carbons (Fsp3) is 0.417. The van der Waals surface area contributed by atoms with Gasteiger partial charge >= 0.3 is 0 Å². The summed E-state index contributed by atoms with van der Waals surface area (Å²) in [5, 5.41) is 1.13. The zero-order valence-electron chi connectivity index (χ0n) is 11.7. The standard InChI is InChI=1S/C12H16N8S/c1-8-6-14-11(15-7-8)21-12-17-9(19-13)16-10(18-12)20-4-2-3-5-20/h6-7H,2-5,13H2,1H3,(H,16,17,18,19). The van der Waals surface area contributed by atoms with E-state index < -0.39 is 0 Å². The Morgan fingerprint density at radius 3 is 2.48 bits per heavy atom. The van der Waals surface area contributed by atoms with E-state index in [1.54, 1.807) is 12.4 Å². The molecule has 1 aliphatic rings. The molecule has 21 heavy (non-hydrogen) atoms. The minimum Gasteiger partial charge on any atom is -0.341 e. The third-order valence-corrected chi connectivity index (χ3v) is 3.82. The van der Waals surface area contributed by atoms with Gasteiger partial charge in [-0.2, -0.15) is 15.0 Å². The topological polar surface area (TPSA) is 106 Å². The summed E-state index contributed by atoms with van der Waals surface area (Å²) in [5.41, 5.74) is 3.49. The Kier molecular flexibility index (Phi) is 4.11. The van der Waals surface area contributed by atoms with Gasteiger partial charge in [0.25, 0.3) is 0 Å². The first-order valence-corrected chi connectivity index (χ1v) is 7.50. The largest absolute Gasteiger partial charge is 0.341 e. The van der Waals surface area contributed by atoms with Crippen LogP contribution in [0.3, 0.4) is 0 Å². The number of nitrogen functional groups attached to an aromatic ring is 1. The maximum atomic E-state index is 5.44. The molecule has 3 N–H and O–H groups in total. The molecule has 0 atom stereocenters. The summed E-state index contributed by atoms with van der Waals surface area (Å²) < 4.78 is 0. The number of aryl methyl sites for hydroxylation is 1. The molecule has 0 aliphatic carbocycles. The molecule has 1 fully saturated rings. The molecule has 0 bridgehead atoms. The fourth-order valence-electron chi connectivity index (χ4n) is 2.03. The average Bonchev–Trinajstić information content (AvgIpc) is 3.04. The molecule has 3 heterocycles. The van der Waals surface area contributed by atoms with Gasteiger partial charge in [0.05, 0.1) is 0 Å². The number of rotatable bonds is 4. The van der Waals surface area contributed by atoms with Gasteiger partial charge in [0.15, 0.2) is 5.16 Å². The molecule has 0 aromatic carbocycles. The molecule has 0 unspecified atom stereocenters. The van der Waals surface area contributed by atoms with Crippen molar-refractivity contribution in [2.75, 3.05) is 23.4 Å². The smallest absolute Gasteiger partial charge is 0.242 e. The number of hydrazine groups is 1. The predicted molar refractivity (Wildman–Crippen MR) is 80.0 cm³/mol. The van der Waals surface area contributed by atoms with Crippen LogP contribution in [0.2, 0.25) is 0 Å². The first kappa shape index (κ1) is 14.0. The lowest BCUT2D eigenvalue weighted by Gasteiger charge is -2.15. The van der Waals surface area contributed by atoms with Crippen molar-refractivity contribution in [1.82, 2.24) is 24.9 Å². The summed E-state index contributed by atoms with van der Waals surface area (Å²) in [5.74, 6) is 6.43. The summed E-state index contributed by atoms with van der Waals surface area (Å²) in [4.78, 5) is 23.6. The molecule has 1 aliphatic heterocycles. The van der Waals surface area contributed by atoms with Crippen molar-refractivity contribution < 1.29 is 0 Å². The van der Waals surface area contributed by atoms with Crippen molar-refractivity contribution in [1.29, 1.82) is 0 Å². The molecule has 9 heteroatoms. The quantitative estimate of drug-likeness (QED) is 0.486. The van der Waals surface area contributed by atoms with Crippen LogP contribution in [0.25, 0.3) is 0 Å². The van der Waals surface area contributed by atoms with E-state index in [4.69, 9.17) is 5.84 Å². The second-order valence-corrected chi connectivity index (χ2v) is 5.66. The molecular formula is C12H16N8S. The van der Waals surface area contributed by atoms with E-state index in [0.29, 0.717) is 22.2 Å². The second kappa shape index (κ2) is 6.19. The van der Waals surface area contributed by atoms with Gasteiger partial charge in [-0.05, 0) is 37.1 Å². The average molecular weight is 304 g/mol.